The number of carbonyl (C=O) groups is 2. The highest BCUT2D eigenvalue weighted by atomic mass is 32.1. The first-order chi connectivity index (χ1) is 18.1. The minimum absolute atomic E-state index is 0.0495. The third-order valence-electron chi connectivity index (χ3n) is 8.16. The molecule has 0 saturated heterocycles. The van der Waals surface area contributed by atoms with Gasteiger partial charge in [-0.05, 0) is 64.2 Å². The molecule has 3 N–H and O–H groups in total. The van der Waals surface area contributed by atoms with Gasteiger partial charge in [0.05, 0.1) is 63.9 Å². The van der Waals surface area contributed by atoms with E-state index in [1.165, 1.54) is 0 Å². The number of thiazole rings is 1. The maximum absolute atomic E-state index is 13.8. The lowest BCUT2D eigenvalue weighted by atomic mass is 9.58. The molecule has 2 heterocycles. The van der Waals surface area contributed by atoms with Crippen LogP contribution in [0.4, 0.5) is 0 Å². The van der Waals surface area contributed by atoms with E-state index in [0.717, 1.165) is 32.8 Å². The second kappa shape index (κ2) is 12.1. The van der Waals surface area contributed by atoms with Crippen molar-refractivity contribution in [2.45, 2.75) is 90.1 Å². The van der Waals surface area contributed by atoms with E-state index in [2.05, 4.69) is 22.3 Å². The Bertz CT molecular complexity index is 1240. The second-order valence-corrected chi connectivity index (χ2v) is 12.0. The van der Waals surface area contributed by atoms with Gasteiger partial charge < -0.3 is 20.3 Å². The zero-order valence-corrected chi connectivity index (χ0v) is 23.2. The van der Waals surface area contributed by atoms with Gasteiger partial charge >= 0.3 is 0 Å². The largest absolute Gasteiger partial charge is 0.392 e. The van der Waals surface area contributed by atoms with Crippen LogP contribution in [-0.4, -0.2) is 51.8 Å². The number of hydrogen-bond donors (Lipinski definition) is 3. The van der Waals surface area contributed by atoms with E-state index in [0.29, 0.717) is 32.3 Å². The Morgan fingerprint density at radius 2 is 2.03 bits per heavy atom. The van der Waals surface area contributed by atoms with Gasteiger partial charge in [0.2, 0.25) is 5.91 Å². The number of Topliss-reactive ketones (excluding diaryl/α,β-unsaturated/α-hetero) is 1. The molecule has 1 aromatic heterocycles. The van der Waals surface area contributed by atoms with E-state index in [1.807, 2.05) is 32.0 Å². The minimum atomic E-state index is -1.16. The number of amides is 1. The molecular formula is C30H38N2O5S. The highest BCUT2D eigenvalue weighted by Gasteiger charge is 2.53. The molecule has 0 radical (unpaired) electrons. The number of aliphatic hydroxyl groups is 2. The zero-order chi connectivity index (χ0) is 27.4. The third-order valence-corrected chi connectivity index (χ3v) is 9.11. The van der Waals surface area contributed by atoms with Crippen LogP contribution in [0.1, 0.15) is 75.4 Å². The third kappa shape index (κ3) is 6.02. The van der Waals surface area contributed by atoms with Crippen molar-refractivity contribution in [1.29, 1.82) is 0 Å². The van der Waals surface area contributed by atoms with Crippen LogP contribution < -0.4 is 5.32 Å². The number of ketones is 1. The Balaban J connectivity index is 1.65. The van der Waals surface area contributed by atoms with Crippen LogP contribution in [0.3, 0.4) is 0 Å². The van der Waals surface area contributed by atoms with E-state index in [9.17, 15) is 19.8 Å². The molecule has 0 unspecified atom stereocenters. The normalized spacial score (nSPS) is 30.7. The van der Waals surface area contributed by atoms with E-state index in [1.54, 1.807) is 18.3 Å². The van der Waals surface area contributed by atoms with Gasteiger partial charge in [0, 0.05) is 6.42 Å². The Hall–Kier alpha value is -2.57. The number of rotatable bonds is 2. The fourth-order valence-corrected chi connectivity index (χ4v) is 6.41. The summed E-state index contributed by atoms with van der Waals surface area (Å²) in [5.41, 5.74) is 1.84. The molecule has 1 aromatic carbocycles. The first-order valence-electron chi connectivity index (χ1n) is 13.4. The fraction of sp³-hybridized carbons (Fsp3) is 0.567. The number of fused-ring (bicyclic) bond motifs is 1. The summed E-state index contributed by atoms with van der Waals surface area (Å²) >= 11 is 1.63. The molecule has 1 spiro atoms. The minimum Gasteiger partial charge on any atom is -0.392 e. The Kier molecular flexibility index (Phi) is 9.04. The van der Waals surface area contributed by atoms with Crippen molar-refractivity contribution in [2.75, 3.05) is 6.61 Å². The monoisotopic (exact) mass is 538 g/mol. The van der Waals surface area contributed by atoms with Gasteiger partial charge in [-0.3, -0.25) is 9.59 Å². The first-order valence-corrected chi connectivity index (χ1v) is 14.2. The van der Waals surface area contributed by atoms with Gasteiger partial charge in [-0.15, -0.1) is 23.7 Å². The summed E-state index contributed by atoms with van der Waals surface area (Å²) in [4.78, 5) is 31.6. The Morgan fingerprint density at radius 1 is 1.26 bits per heavy atom. The molecule has 38 heavy (non-hydrogen) atoms. The van der Waals surface area contributed by atoms with Crippen molar-refractivity contribution >= 4 is 33.2 Å². The van der Waals surface area contributed by atoms with Crippen LogP contribution in [0.5, 0.6) is 0 Å². The van der Waals surface area contributed by atoms with Crippen molar-refractivity contribution in [3.63, 3.8) is 0 Å². The topological polar surface area (TPSA) is 109 Å². The molecule has 7 nitrogen and oxygen atoms in total. The number of hydrogen-bond acceptors (Lipinski definition) is 7. The van der Waals surface area contributed by atoms with Crippen LogP contribution in [0.25, 0.3) is 10.2 Å². The van der Waals surface area contributed by atoms with Gasteiger partial charge in [-0.1, -0.05) is 24.1 Å². The van der Waals surface area contributed by atoms with Crippen LogP contribution in [-0.2, 0) is 14.3 Å². The highest BCUT2D eigenvalue weighted by Crippen LogP contribution is 2.48. The number of carbonyl (C=O) groups excluding carboxylic acids is 2. The summed E-state index contributed by atoms with van der Waals surface area (Å²) in [5, 5.41) is 26.3. The average molecular weight is 539 g/mol. The predicted octanol–water partition coefficient (Wildman–Crippen LogP) is 4.40. The number of ether oxygens (including phenoxy) is 1. The maximum atomic E-state index is 13.8. The quantitative estimate of drug-likeness (QED) is 0.386. The first kappa shape index (κ1) is 28.4. The van der Waals surface area contributed by atoms with Gasteiger partial charge in [-0.25, -0.2) is 4.98 Å². The Morgan fingerprint density at radius 3 is 2.71 bits per heavy atom. The molecule has 1 fully saturated rings. The maximum Gasteiger partial charge on any atom is 0.223 e. The van der Waals surface area contributed by atoms with Gasteiger partial charge in [-0.2, -0.15) is 0 Å². The molecule has 1 aliphatic carbocycles. The number of aliphatic hydroxyl groups excluding tert-OH is 2. The summed E-state index contributed by atoms with van der Waals surface area (Å²) in [6.07, 6.45) is 7.57. The molecule has 8 heteroatoms. The molecule has 204 valence electrons. The summed E-state index contributed by atoms with van der Waals surface area (Å²) in [6.45, 7) is 6.10. The lowest BCUT2D eigenvalue weighted by molar-refractivity contribution is -0.157. The number of nitrogens with one attached hydrogen (secondary N) is 1. The highest BCUT2D eigenvalue weighted by molar-refractivity contribution is 7.18. The summed E-state index contributed by atoms with van der Waals surface area (Å²) in [5.74, 6) is 1.06. The lowest BCUT2D eigenvalue weighted by Gasteiger charge is -2.46. The number of benzene rings is 1. The SMILES string of the molecule is C#CC[C@H]1C(=O)C2(CCC2)[C@@H](O)CC(=O)N[C@H](c2ccc3sc(C)nc3c2)C/C=C(/C)CCO[C@H](C)[C@H]1O. The number of terminal acetylenes is 1. The fourth-order valence-electron chi connectivity index (χ4n) is 5.60. The second-order valence-electron chi connectivity index (χ2n) is 10.8. The summed E-state index contributed by atoms with van der Waals surface area (Å²) in [6, 6.07) is 5.74. The standard InChI is InChI=1S/C30H38N2O5S/c1-5-7-22-28(35)19(3)37-15-12-18(2)8-10-23(21-9-11-25-24(16-21)31-20(4)38-25)32-27(34)17-26(33)30(29(22)36)13-6-14-30/h1,8-9,11,16,19,22-23,26,28,33,35H,6-7,10,12-15,17H2,2-4H3,(H,32,34)/b18-8-/t19-,22-,23+,26+,28-/m1/s1. The molecule has 1 saturated carbocycles. The van der Waals surface area contributed by atoms with E-state index < -0.39 is 29.6 Å². The molecule has 5 atom stereocenters. The van der Waals surface area contributed by atoms with Gasteiger partial charge in [0.15, 0.2) is 0 Å². The summed E-state index contributed by atoms with van der Waals surface area (Å²) < 4.78 is 7.02. The molecule has 0 bridgehead atoms. The van der Waals surface area contributed by atoms with Crippen LogP contribution >= 0.6 is 11.3 Å². The van der Waals surface area contributed by atoms with Gasteiger partial charge in [0.25, 0.3) is 0 Å². The van der Waals surface area contributed by atoms with Crippen LogP contribution in [0.15, 0.2) is 29.8 Å². The van der Waals surface area contributed by atoms with Crippen molar-refractivity contribution in [1.82, 2.24) is 10.3 Å². The molecule has 2 aromatic rings. The van der Waals surface area contributed by atoms with E-state index in [-0.39, 0.29) is 30.6 Å². The molecule has 1 aliphatic heterocycles. The Labute approximate surface area is 228 Å². The van der Waals surface area contributed by atoms with Crippen molar-refractivity contribution in [3.05, 3.63) is 40.4 Å². The summed E-state index contributed by atoms with van der Waals surface area (Å²) in [7, 11) is 0. The number of aromatic nitrogens is 1. The van der Waals surface area contributed by atoms with Crippen molar-refractivity contribution in [2.24, 2.45) is 11.3 Å². The van der Waals surface area contributed by atoms with E-state index in [4.69, 9.17) is 11.2 Å². The number of nitrogens with zero attached hydrogens (tertiary/aromatic N) is 1. The van der Waals surface area contributed by atoms with E-state index >= 15 is 0 Å². The molecular weight excluding hydrogens is 500 g/mol. The zero-order valence-electron chi connectivity index (χ0n) is 22.4. The predicted molar refractivity (Wildman–Crippen MR) is 149 cm³/mol. The molecule has 4 rings (SSSR count). The van der Waals surface area contributed by atoms with Crippen LogP contribution in [0.2, 0.25) is 0 Å². The molecule has 2 aliphatic rings. The molecule has 1 amide bonds. The lowest BCUT2D eigenvalue weighted by Crippen LogP contribution is -2.54. The van der Waals surface area contributed by atoms with Gasteiger partial charge in [0.1, 0.15) is 5.78 Å². The smallest absolute Gasteiger partial charge is 0.223 e. The average Bonchev–Trinajstić information content (AvgIpc) is 3.22. The van der Waals surface area contributed by atoms with Crippen LogP contribution in [0, 0.1) is 30.6 Å². The van der Waals surface area contributed by atoms with Crippen molar-refractivity contribution in [3.8, 4) is 12.3 Å². The van der Waals surface area contributed by atoms with Crippen molar-refractivity contribution < 1.29 is 24.5 Å². The number of aryl methyl sites for hydroxylation is 1.